The SMILES string of the molecule is NC(=NO)c1ccccc1N=O. The maximum absolute atomic E-state index is 10.2. The highest BCUT2D eigenvalue weighted by Crippen LogP contribution is 2.17. The highest BCUT2D eigenvalue weighted by atomic mass is 16.4. The minimum absolute atomic E-state index is 0.120. The first-order chi connectivity index (χ1) is 5.79. The van der Waals surface area contributed by atoms with Crippen LogP contribution in [0.2, 0.25) is 0 Å². The van der Waals surface area contributed by atoms with Crippen LogP contribution in [0.25, 0.3) is 0 Å². The van der Waals surface area contributed by atoms with Gasteiger partial charge in [0, 0.05) is 5.56 Å². The van der Waals surface area contributed by atoms with Crippen LogP contribution < -0.4 is 5.73 Å². The molecule has 5 nitrogen and oxygen atoms in total. The molecule has 0 bridgehead atoms. The van der Waals surface area contributed by atoms with Crippen LogP contribution in [0.3, 0.4) is 0 Å². The third-order valence-corrected chi connectivity index (χ3v) is 1.39. The van der Waals surface area contributed by atoms with Crippen LogP contribution in [0.4, 0.5) is 5.69 Å². The second-order valence-corrected chi connectivity index (χ2v) is 2.09. The average Bonchev–Trinajstić information content (AvgIpc) is 2.16. The summed E-state index contributed by atoms with van der Waals surface area (Å²) in [6.45, 7) is 0. The summed E-state index contributed by atoms with van der Waals surface area (Å²) in [4.78, 5) is 10.2. The highest BCUT2D eigenvalue weighted by Gasteiger charge is 2.05. The van der Waals surface area contributed by atoms with Crippen LogP contribution >= 0.6 is 0 Å². The van der Waals surface area contributed by atoms with E-state index in [1.54, 1.807) is 18.2 Å². The molecular weight excluding hydrogens is 158 g/mol. The van der Waals surface area contributed by atoms with Crippen LogP contribution in [-0.4, -0.2) is 11.0 Å². The maximum atomic E-state index is 10.2. The van der Waals surface area contributed by atoms with Gasteiger partial charge in [-0.2, -0.15) is 0 Å². The lowest BCUT2D eigenvalue weighted by molar-refractivity contribution is 0.318. The Hall–Kier alpha value is -1.91. The fourth-order valence-electron chi connectivity index (χ4n) is 0.824. The van der Waals surface area contributed by atoms with Gasteiger partial charge in [-0.1, -0.05) is 17.3 Å². The molecule has 0 spiro atoms. The zero-order chi connectivity index (χ0) is 8.97. The lowest BCUT2D eigenvalue weighted by Gasteiger charge is -1.98. The van der Waals surface area contributed by atoms with E-state index < -0.39 is 0 Å². The third kappa shape index (κ3) is 1.39. The molecule has 0 heterocycles. The van der Waals surface area contributed by atoms with Crippen LogP contribution in [0.15, 0.2) is 34.6 Å². The predicted molar refractivity (Wildman–Crippen MR) is 44.4 cm³/mol. The van der Waals surface area contributed by atoms with Crippen LogP contribution in [0.5, 0.6) is 0 Å². The van der Waals surface area contributed by atoms with E-state index in [0.29, 0.717) is 5.56 Å². The van der Waals surface area contributed by atoms with Crippen molar-refractivity contribution >= 4 is 11.5 Å². The molecule has 0 aliphatic heterocycles. The van der Waals surface area contributed by atoms with E-state index in [9.17, 15) is 4.91 Å². The standard InChI is InChI=1S/C7H7N3O2/c8-7(10-12)5-3-1-2-4-6(5)9-11/h1-4,12H,(H2,8,10). The summed E-state index contributed by atoms with van der Waals surface area (Å²) in [5.41, 5.74) is 5.76. The molecule has 0 aliphatic rings. The molecule has 0 atom stereocenters. The fourth-order valence-corrected chi connectivity index (χ4v) is 0.824. The second-order valence-electron chi connectivity index (χ2n) is 2.09. The number of benzene rings is 1. The van der Waals surface area contributed by atoms with Gasteiger partial charge in [0.05, 0.1) is 0 Å². The van der Waals surface area contributed by atoms with Gasteiger partial charge < -0.3 is 10.9 Å². The Morgan fingerprint density at radius 1 is 1.42 bits per heavy atom. The third-order valence-electron chi connectivity index (χ3n) is 1.39. The number of amidine groups is 1. The van der Waals surface area contributed by atoms with Gasteiger partial charge in [0.25, 0.3) is 0 Å². The molecule has 0 unspecified atom stereocenters. The summed E-state index contributed by atoms with van der Waals surface area (Å²) in [6, 6.07) is 6.35. The molecule has 1 aromatic carbocycles. The van der Waals surface area contributed by atoms with Crippen molar-refractivity contribution in [2.75, 3.05) is 0 Å². The van der Waals surface area contributed by atoms with Gasteiger partial charge in [0.2, 0.25) is 0 Å². The largest absolute Gasteiger partial charge is 0.409 e. The van der Waals surface area contributed by atoms with E-state index >= 15 is 0 Å². The van der Waals surface area contributed by atoms with Gasteiger partial charge >= 0.3 is 0 Å². The Kier molecular flexibility index (Phi) is 2.37. The van der Waals surface area contributed by atoms with Gasteiger partial charge in [-0.05, 0) is 17.3 Å². The molecule has 0 aromatic heterocycles. The summed E-state index contributed by atoms with van der Waals surface area (Å²) in [7, 11) is 0. The van der Waals surface area contributed by atoms with Crippen LogP contribution in [0, 0.1) is 4.91 Å². The number of hydrogen-bond donors (Lipinski definition) is 2. The Balaban J connectivity index is 3.22. The molecule has 0 radical (unpaired) electrons. The first kappa shape index (κ1) is 8.19. The zero-order valence-corrected chi connectivity index (χ0v) is 6.14. The van der Waals surface area contributed by atoms with Crippen molar-refractivity contribution in [1.82, 2.24) is 0 Å². The van der Waals surface area contributed by atoms with Crippen LogP contribution in [0.1, 0.15) is 5.56 Å². The topological polar surface area (TPSA) is 88.0 Å². The van der Waals surface area contributed by atoms with Gasteiger partial charge in [-0.25, -0.2) is 0 Å². The van der Waals surface area contributed by atoms with Crippen molar-refractivity contribution < 1.29 is 5.21 Å². The molecular formula is C7H7N3O2. The van der Waals surface area contributed by atoms with E-state index in [0.717, 1.165) is 0 Å². The summed E-state index contributed by atoms with van der Waals surface area (Å²) in [5.74, 6) is -0.120. The minimum Gasteiger partial charge on any atom is -0.409 e. The molecule has 3 N–H and O–H groups in total. The lowest BCUT2D eigenvalue weighted by Crippen LogP contribution is -2.12. The minimum atomic E-state index is -0.120. The summed E-state index contributed by atoms with van der Waals surface area (Å²) in [5, 5.41) is 13.8. The number of nitroso groups, excluding NO2 is 1. The summed E-state index contributed by atoms with van der Waals surface area (Å²) in [6.07, 6.45) is 0. The van der Waals surface area contributed by atoms with Crippen LogP contribution in [-0.2, 0) is 0 Å². The fraction of sp³-hybridized carbons (Fsp3) is 0. The van der Waals surface area contributed by atoms with E-state index in [1.165, 1.54) is 6.07 Å². The first-order valence-electron chi connectivity index (χ1n) is 3.20. The van der Waals surface area contributed by atoms with Crippen molar-refractivity contribution in [1.29, 1.82) is 0 Å². The highest BCUT2D eigenvalue weighted by molar-refractivity contribution is 6.01. The van der Waals surface area contributed by atoms with E-state index in [2.05, 4.69) is 10.3 Å². The smallest absolute Gasteiger partial charge is 0.172 e. The summed E-state index contributed by atoms with van der Waals surface area (Å²) < 4.78 is 0. The molecule has 0 amide bonds. The van der Waals surface area contributed by atoms with Crippen molar-refractivity contribution in [2.24, 2.45) is 16.1 Å². The Labute approximate surface area is 68.5 Å². The number of oxime groups is 1. The lowest BCUT2D eigenvalue weighted by atomic mass is 10.2. The van der Waals surface area contributed by atoms with Crippen molar-refractivity contribution in [3.05, 3.63) is 34.7 Å². The average molecular weight is 165 g/mol. The van der Waals surface area contributed by atoms with E-state index in [4.69, 9.17) is 10.9 Å². The normalized spacial score (nSPS) is 11.2. The predicted octanol–water partition coefficient (Wildman–Crippen LogP) is 1.18. The molecule has 0 fully saturated rings. The van der Waals surface area contributed by atoms with E-state index in [-0.39, 0.29) is 11.5 Å². The number of nitrogens with zero attached hydrogens (tertiary/aromatic N) is 2. The Morgan fingerprint density at radius 2 is 2.08 bits per heavy atom. The summed E-state index contributed by atoms with van der Waals surface area (Å²) >= 11 is 0. The number of hydrogen-bond acceptors (Lipinski definition) is 4. The van der Waals surface area contributed by atoms with Crippen molar-refractivity contribution in [3.8, 4) is 0 Å². The zero-order valence-electron chi connectivity index (χ0n) is 6.14. The van der Waals surface area contributed by atoms with Gasteiger partial charge in [0.15, 0.2) is 5.84 Å². The quantitative estimate of drug-likeness (QED) is 0.227. The van der Waals surface area contributed by atoms with Gasteiger partial charge in [-0.3, -0.25) is 0 Å². The van der Waals surface area contributed by atoms with Crippen molar-refractivity contribution in [2.45, 2.75) is 0 Å². The maximum Gasteiger partial charge on any atom is 0.172 e. The monoisotopic (exact) mass is 165 g/mol. The van der Waals surface area contributed by atoms with E-state index in [1.807, 2.05) is 0 Å². The molecule has 1 aromatic rings. The van der Waals surface area contributed by atoms with Crippen molar-refractivity contribution in [3.63, 3.8) is 0 Å². The molecule has 12 heavy (non-hydrogen) atoms. The number of nitrogens with two attached hydrogens (primary N) is 1. The molecule has 0 saturated carbocycles. The molecule has 5 heteroatoms. The molecule has 1 rings (SSSR count). The van der Waals surface area contributed by atoms with Gasteiger partial charge in [-0.15, -0.1) is 4.91 Å². The Bertz CT molecular complexity index is 322. The number of rotatable bonds is 2. The van der Waals surface area contributed by atoms with Gasteiger partial charge in [0.1, 0.15) is 5.69 Å². The molecule has 62 valence electrons. The molecule has 0 aliphatic carbocycles. The first-order valence-corrected chi connectivity index (χ1v) is 3.20. The molecule has 0 saturated heterocycles. The second kappa shape index (κ2) is 3.47. The Morgan fingerprint density at radius 3 is 2.67 bits per heavy atom.